The summed E-state index contributed by atoms with van der Waals surface area (Å²) in [5, 5.41) is 3.44. The Kier molecular flexibility index (Phi) is 4.35. The quantitative estimate of drug-likeness (QED) is 0.896. The molecule has 0 aliphatic rings. The summed E-state index contributed by atoms with van der Waals surface area (Å²) in [7, 11) is 0. The zero-order chi connectivity index (χ0) is 12.1. The molecule has 88 valence electrons. The van der Waals surface area contributed by atoms with Gasteiger partial charge in [-0.25, -0.2) is 0 Å². The van der Waals surface area contributed by atoms with E-state index in [0.717, 1.165) is 17.6 Å². The fourth-order valence-electron chi connectivity index (χ4n) is 1.66. The van der Waals surface area contributed by atoms with Gasteiger partial charge in [0, 0.05) is 17.6 Å². The van der Waals surface area contributed by atoms with E-state index in [4.69, 9.17) is 0 Å². The van der Waals surface area contributed by atoms with Crippen molar-refractivity contribution >= 4 is 15.9 Å². The number of hydrogen-bond acceptors (Lipinski definition) is 1. The molecule has 0 atom stereocenters. The van der Waals surface area contributed by atoms with Gasteiger partial charge in [-0.1, -0.05) is 57.9 Å². The molecule has 0 bridgehead atoms. The van der Waals surface area contributed by atoms with Crippen LogP contribution in [0.3, 0.4) is 0 Å². The Morgan fingerprint density at radius 3 is 1.82 bits per heavy atom. The molecule has 0 saturated heterocycles. The number of halogens is 1. The van der Waals surface area contributed by atoms with Gasteiger partial charge >= 0.3 is 0 Å². The van der Waals surface area contributed by atoms with E-state index in [0.29, 0.717) is 0 Å². The third-order valence-electron chi connectivity index (χ3n) is 2.69. The van der Waals surface area contributed by atoms with Crippen molar-refractivity contribution in [1.82, 2.24) is 5.32 Å². The van der Waals surface area contributed by atoms with Gasteiger partial charge in [0.1, 0.15) is 0 Å². The summed E-state index contributed by atoms with van der Waals surface area (Å²) in [6, 6.07) is 17.0. The van der Waals surface area contributed by atoms with Crippen LogP contribution in [-0.4, -0.2) is 0 Å². The van der Waals surface area contributed by atoms with Crippen LogP contribution in [0.25, 0.3) is 0 Å². The smallest absolute Gasteiger partial charge is 0.0208 e. The summed E-state index contributed by atoms with van der Waals surface area (Å²) < 4.78 is 1.12. The van der Waals surface area contributed by atoms with Gasteiger partial charge in [0.2, 0.25) is 0 Å². The normalized spacial score (nSPS) is 10.5. The molecular formula is C15H16BrN. The molecule has 0 aliphatic carbocycles. The molecular weight excluding hydrogens is 274 g/mol. The van der Waals surface area contributed by atoms with Gasteiger partial charge in [-0.05, 0) is 30.2 Å². The molecule has 2 aromatic carbocycles. The minimum atomic E-state index is 0.904. The van der Waals surface area contributed by atoms with Crippen LogP contribution in [0, 0.1) is 6.92 Å². The Balaban J connectivity index is 1.83. The molecule has 2 aromatic rings. The van der Waals surface area contributed by atoms with Gasteiger partial charge in [0.25, 0.3) is 0 Å². The maximum atomic E-state index is 3.44. The molecule has 0 aromatic heterocycles. The Morgan fingerprint density at radius 1 is 0.824 bits per heavy atom. The van der Waals surface area contributed by atoms with Gasteiger partial charge in [-0.15, -0.1) is 0 Å². The maximum Gasteiger partial charge on any atom is 0.0208 e. The average molecular weight is 290 g/mol. The van der Waals surface area contributed by atoms with Gasteiger partial charge in [0.15, 0.2) is 0 Å². The maximum absolute atomic E-state index is 3.44. The first-order valence-corrected chi connectivity index (χ1v) is 6.54. The molecule has 0 spiro atoms. The fourth-order valence-corrected chi connectivity index (χ4v) is 1.92. The summed E-state index contributed by atoms with van der Waals surface area (Å²) in [6.07, 6.45) is 0. The zero-order valence-electron chi connectivity index (χ0n) is 9.91. The molecule has 0 aliphatic heterocycles. The molecule has 0 radical (unpaired) electrons. The van der Waals surface area contributed by atoms with Crippen LogP contribution in [0.5, 0.6) is 0 Å². The van der Waals surface area contributed by atoms with Gasteiger partial charge in [-0.2, -0.15) is 0 Å². The summed E-state index contributed by atoms with van der Waals surface area (Å²) in [4.78, 5) is 0. The highest BCUT2D eigenvalue weighted by Crippen LogP contribution is 2.10. The molecule has 0 unspecified atom stereocenters. The van der Waals surface area contributed by atoms with E-state index in [1.165, 1.54) is 16.7 Å². The molecule has 17 heavy (non-hydrogen) atoms. The van der Waals surface area contributed by atoms with Crippen LogP contribution in [0.15, 0.2) is 53.0 Å². The Morgan fingerprint density at radius 2 is 1.29 bits per heavy atom. The third-order valence-corrected chi connectivity index (χ3v) is 3.22. The first-order chi connectivity index (χ1) is 8.24. The SMILES string of the molecule is Cc1ccc(CNCc2ccc(Br)cc2)cc1. The van der Waals surface area contributed by atoms with Crippen molar-refractivity contribution < 1.29 is 0 Å². The van der Waals surface area contributed by atoms with Crippen LogP contribution in [0.1, 0.15) is 16.7 Å². The highest BCUT2D eigenvalue weighted by Gasteiger charge is 1.94. The topological polar surface area (TPSA) is 12.0 Å². The standard InChI is InChI=1S/C15H16BrN/c1-12-2-4-13(5-3-12)10-17-11-14-6-8-15(16)9-7-14/h2-9,17H,10-11H2,1H3. The van der Waals surface area contributed by atoms with Crippen molar-refractivity contribution in [3.05, 3.63) is 69.7 Å². The molecule has 0 fully saturated rings. The number of nitrogens with one attached hydrogen (secondary N) is 1. The van der Waals surface area contributed by atoms with Gasteiger partial charge in [-0.3, -0.25) is 0 Å². The Bertz CT molecular complexity index is 414. The first-order valence-electron chi connectivity index (χ1n) is 5.75. The van der Waals surface area contributed by atoms with Crippen molar-refractivity contribution in [3.8, 4) is 0 Å². The second kappa shape index (κ2) is 5.99. The predicted octanol–water partition coefficient (Wildman–Crippen LogP) is 4.05. The van der Waals surface area contributed by atoms with Crippen molar-refractivity contribution in [3.63, 3.8) is 0 Å². The molecule has 1 N–H and O–H groups in total. The summed E-state index contributed by atoms with van der Waals surface area (Å²) in [5.41, 5.74) is 3.94. The van der Waals surface area contributed by atoms with Crippen LogP contribution in [0.2, 0.25) is 0 Å². The van der Waals surface area contributed by atoms with Gasteiger partial charge in [0.05, 0.1) is 0 Å². The van der Waals surface area contributed by atoms with Gasteiger partial charge < -0.3 is 5.32 Å². The van der Waals surface area contributed by atoms with Crippen molar-refractivity contribution in [2.45, 2.75) is 20.0 Å². The summed E-state index contributed by atoms with van der Waals surface area (Å²) in [5.74, 6) is 0. The predicted molar refractivity (Wildman–Crippen MR) is 75.9 cm³/mol. The van der Waals surface area contributed by atoms with Crippen molar-refractivity contribution in [2.75, 3.05) is 0 Å². The number of benzene rings is 2. The zero-order valence-corrected chi connectivity index (χ0v) is 11.5. The van der Waals surface area contributed by atoms with E-state index in [1.807, 2.05) is 0 Å². The van der Waals surface area contributed by atoms with Crippen LogP contribution < -0.4 is 5.32 Å². The molecule has 0 amide bonds. The lowest BCUT2D eigenvalue weighted by atomic mass is 10.1. The molecule has 0 saturated carbocycles. The number of rotatable bonds is 4. The third kappa shape index (κ3) is 3.99. The van der Waals surface area contributed by atoms with Crippen molar-refractivity contribution in [2.24, 2.45) is 0 Å². The Hall–Kier alpha value is -1.12. The van der Waals surface area contributed by atoms with E-state index in [-0.39, 0.29) is 0 Å². The second-order valence-corrected chi connectivity index (χ2v) is 5.13. The Labute approximate surface area is 111 Å². The van der Waals surface area contributed by atoms with Crippen molar-refractivity contribution in [1.29, 1.82) is 0 Å². The lowest BCUT2D eigenvalue weighted by Crippen LogP contribution is -2.12. The molecule has 1 nitrogen and oxygen atoms in total. The lowest BCUT2D eigenvalue weighted by molar-refractivity contribution is 0.693. The lowest BCUT2D eigenvalue weighted by Gasteiger charge is -2.05. The minimum Gasteiger partial charge on any atom is -0.309 e. The minimum absolute atomic E-state index is 0.904. The number of hydrogen-bond donors (Lipinski definition) is 1. The fraction of sp³-hybridized carbons (Fsp3) is 0.200. The van der Waals surface area contributed by atoms with Crippen LogP contribution >= 0.6 is 15.9 Å². The average Bonchev–Trinajstić information content (AvgIpc) is 2.34. The van der Waals surface area contributed by atoms with Crippen LogP contribution in [0.4, 0.5) is 0 Å². The van der Waals surface area contributed by atoms with Crippen LogP contribution in [-0.2, 0) is 13.1 Å². The summed E-state index contributed by atoms with van der Waals surface area (Å²) in [6.45, 7) is 3.93. The molecule has 0 heterocycles. The van der Waals surface area contributed by atoms with E-state index in [9.17, 15) is 0 Å². The number of aryl methyl sites for hydroxylation is 1. The van der Waals surface area contributed by atoms with E-state index in [1.54, 1.807) is 0 Å². The first kappa shape index (κ1) is 12.3. The van der Waals surface area contributed by atoms with E-state index in [2.05, 4.69) is 76.7 Å². The van der Waals surface area contributed by atoms with E-state index < -0.39 is 0 Å². The monoisotopic (exact) mass is 289 g/mol. The second-order valence-electron chi connectivity index (χ2n) is 4.22. The largest absolute Gasteiger partial charge is 0.309 e. The highest BCUT2D eigenvalue weighted by molar-refractivity contribution is 9.10. The molecule has 2 rings (SSSR count). The molecule has 2 heteroatoms. The summed E-state index contributed by atoms with van der Waals surface area (Å²) >= 11 is 3.44. The van der Waals surface area contributed by atoms with E-state index >= 15 is 0 Å². The highest BCUT2D eigenvalue weighted by atomic mass is 79.9.